The molecular formula is C14H17N3O. The Kier molecular flexibility index (Phi) is 3.02. The second-order valence-electron chi connectivity index (χ2n) is 4.77. The minimum absolute atomic E-state index is 0.0596. The number of H-pyrrole nitrogens is 1. The number of fused-ring (bicyclic) bond motifs is 1. The predicted molar refractivity (Wildman–Crippen MR) is 74.1 cm³/mol. The standard InChI is InChI=1S/C14H17N3O/c18-14-8-13(16-9-10-4-3-7-15-10)11-5-1-2-6-12(11)17-14/h1-2,5-6,8,10,15H,3-4,7,9H2,(H2,16,17,18). The first-order valence-corrected chi connectivity index (χ1v) is 6.42. The predicted octanol–water partition coefficient (Wildman–Crippen LogP) is 1.69. The third-order valence-electron chi connectivity index (χ3n) is 3.45. The molecule has 4 heteroatoms. The topological polar surface area (TPSA) is 56.9 Å². The van der Waals surface area contributed by atoms with Crippen LogP contribution in [0, 0.1) is 0 Å². The van der Waals surface area contributed by atoms with Crippen molar-refractivity contribution in [2.45, 2.75) is 18.9 Å². The van der Waals surface area contributed by atoms with Crippen LogP contribution in [0.15, 0.2) is 35.1 Å². The van der Waals surface area contributed by atoms with Crippen LogP contribution in [0.2, 0.25) is 0 Å². The van der Waals surface area contributed by atoms with Crippen LogP contribution >= 0.6 is 0 Å². The Morgan fingerprint density at radius 1 is 1.33 bits per heavy atom. The number of pyridine rings is 1. The summed E-state index contributed by atoms with van der Waals surface area (Å²) in [6.07, 6.45) is 2.44. The number of hydrogen-bond donors (Lipinski definition) is 3. The minimum Gasteiger partial charge on any atom is -0.383 e. The van der Waals surface area contributed by atoms with Crippen LogP contribution in [0.3, 0.4) is 0 Å². The monoisotopic (exact) mass is 243 g/mol. The summed E-state index contributed by atoms with van der Waals surface area (Å²) in [7, 11) is 0. The number of aromatic nitrogens is 1. The van der Waals surface area contributed by atoms with Gasteiger partial charge in [-0.25, -0.2) is 0 Å². The first kappa shape index (κ1) is 11.3. The molecule has 1 atom stereocenters. The van der Waals surface area contributed by atoms with Gasteiger partial charge >= 0.3 is 0 Å². The van der Waals surface area contributed by atoms with Gasteiger partial charge in [-0.3, -0.25) is 4.79 Å². The Hall–Kier alpha value is -1.81. The molecule has 0 radical (unpaired) electrons. The third-order valence-corrected chi connectivity index (χ3v) is 3.45. The highest BCUT2D eigenvalue weighted by Gasteiger charge is 2.13. The first-order chi connectivity index (χ1) is 8.83. The van der Waals surface area contributed by atoms with E-state index in [9.17, 15) is 4.79 Å². The van der Waals surface area contributed by atoms with E-state index in [4.69, 9.17) is 0 Å². The van der Waals surface area contributed by atoms with Gasteiger partial charge in [-0.2, -0.15) is 0 Å². The van der Waals surface area contributed by atoms with Gasteiger partial charge in [-0.05, 0) is 25.5 Å². The number of nitrogens with one attached hydrogen (secondary N) is 3. The van der Waals surface area contributed by atoms with Crippen LogP contribution in [-0.2, 0) is 0 Å². The average molecular weight is 243 g/mol. The molecule has 0 spiro atoms. The Morgan fingerprint density at radius 2 is 2.22 bits per heavy atom. The van der Waals surface area contributed by atoms with Crippen molar-refractivity contribution >= 4 is 16.6 Å². The molecule has 1 fully saturated rings. The van der Waals surface area contributed by atoms with E-state index < -0.39 is 0 Å². The molecule has 1 aliphatic heterocycles. The van der Waals surface area contributed by atoms with E-state index >= 15 is 0 Å². The Morgan fingerprint density at radius 3 is 3.06 bits per heavy atom. The molecule has 0 bridgehead atoms. The van der Waals surface area contributed by atoms with Crippen LogP contribution in [0.25, 0.3) is 10.9 Å². The van der Waals surface area contributed by atoms with Crippen molar-refractivity contribution in [3.63, 3.8) is 0 Å². The lowest BCUT2D eigenvalue weighted by atomic mass is 10.1. The van der Waals surface area contributed by atoms with E-state index in [1.807, 2.05) is 24.3 Å². The molecule has 18 heavy (non-hydrogen) atoms. The maximum Gasteiger partial charge on any atom is 0.250 e. The van der Waals surface area contributed by atoms with Gasteiger partial charge in [0.25, 0.3) is 0 Å². The summed E-state index contributed by atoms with van der Waals surface area (Å²) in [5, 5.41) is 7.89. The molecule has 94 valence electrons. The zero-order valence-electron chi connectivity index (χ0n) is 10.2. The van der Waals surface area contributed by atoms with Gasteiger partial charge in [0, 0.05) is 29.7 Å². The zero-order valence-corrected chi connectivity index (χ0v) is 10.2. The van der Waals surface area contributed by atoms with Crippen LogP contribution in [0.1, 0.15) is 12.8 Å². The summed E-state index contributed by atoms with van der Waals surface area (Å²) in [5.41, 5.74) is 1.74. The Balaban J connectivity index is 1.88. The van der Waals surface area contributed by atoms with Crippen molar-refractivity contribution in [2.24, 2.45) is 0 Å². The fourth-order valence-corrected chi connectivity index (χ4v) is 2.51. The Labute approximate surface area is 105 Å². The third kappa shape index (κ3) is 2.24. The molecule has 1 aromatic carbocycles. The quantitative estimate of drug-likeness (QED) is 0.769. The molecule has 4 nitrogen and oxygen atoms in total. The fourth-order valence-electron chi connectivity index (χ4n) is 2.51. The lowest BCUT2D eigenvalue weighted by Gasteiger charge is -2.14. The van der Waals surface area contributed by atoms with Crippen molar-refractivity contribution < 1.29 is 0 Å². The van der Waals surface area contributed by atoms with E-state index in [2.05, 4.69) is 15.6 Å². The van der Waals surface area contributed by atoms with Crippen molar-refractivity contribution in [3.05, 3.63) is 40.7 Å². The normalized spacial score (nSPS) is 19.2. The van der Waals surface area contributed by atoms with Crippen molar-refractivity contribution in [2.75, 3.05) is 18.4 Å². The van der Waals surface area contributed by atoms with Crippen molar-refractivity contribution in [1.29, 1.82) is 0 Å². The van der Waals surface area contributed by atoms with Crippen molar-refractivity contribution in [1.82, 2.24) is 10.3 Å². The fraction of sp³-hybridized carbons (Fsp3) is 0.357. The van der Waals surface area contributed by atoms with E-state index in [0.717, 1.165) is 29.7 Å². The van der Waals surface area contributed by atoms with Crippen molar-refractivity contribution in [3.8, 4) is 0 Å². The highest BCUT2D eigenvalue weighted by molar-refractivity contribution is 5.90. The van der Waals surface area contributed by atoms with Gasteiger partial charge in [0.05, 0.1) is 5.52 Å². The molecule has 1 aliphatic rings. The maximum atomic E-state index is 11.6. The van der Waals surface area contributed by atoms with E-state index in [-0.39, 0.29) is 5.56 Å². The molecule has 2 aromatic rings. The summed E-state index contributed by atoms with van der Waals surface area (Å²) >= 11 is 0. The van der Waals surface area contributed by atoms with Gasteiger partial charge in [-0.15, -0.1) is 0 Å². The first-order valence-electron chi connectivity index (χ1n) is 6.42. The molecule has 1 aromatic heterocycles. The lowest BCUT2D eigenvalue weighted by Crippen LogP contribution is -2.29. The van der Waals surface area contributed by atoms with Gasteiger partial charge in [-0.1, -0.05) is 18.2 Å². The summed E-state index contributed by atoms with van der Waals surface area (Å²) in [4.78, 5) is 14.4. The molecule has 0 saturated carbocycles. The lowest BCUT2D eigenvalue weighted by molar-refractivity contribution is 0.634. The molecule has 2 heterocycles. The highest BCUT2D eigenvalue weighted by atomic mass is 16.1. The smallest absolute Gasteiger partial charge is 0.250 e. The largest absolute Gasteiger partial charge is 0.383 e. The zero-order chi connectivity index (χ0) is 12.4. The number of para-hydroxylation sites is 1. The van der Waals surface area contributed by atoms with Gasteiger partial charge in [0.2, 0.25) is 5.56 Å². The second-order valence-corrected chi connectivity index (χ2v) is 4.77. The molecule has 1 saturated heterocycles. The number of benzene rings is 1. The van der Waals surface area contributed by atoms with E-state index in [0.29, 0.717) is 6.04 Å². The van der Waals surface area contributed by atoms with Gasteiger partial charge in [0.15, 0.2) is 0 Å². The number of hydrogen-bond acceptors (Lipinski definition) is 3. The molecule has 0 amide bonds. The summed E-state index contributed by atoms with van der Waals surface area (Å²) in [6.45, 7) is 1.97. The van der Waals surface area contributed by atoms with Gasteiger partial charge < -0.3 is 15.6 Å². The molecule has 0 aliphatic carbocycles. The maximum absolute atomic E-state index is 11.6. The van der Waals surface area contributed by atoms with Crippen LogP contribution < -0.4 is 16.2 Å². The molecule has 3 rings (SSSR count). The Bertz CT molecular complexity index is 599. The SMILES string of the molecule is O=c1cc(NCC2CCCN2)c2ccccc2[nH]1. The van der Waals surface area contributed by atoms with E-state index in [1.54, 1.807) is 6.07 Å². The molecular weight excluding hydrogens is 226 g/mol. The van der Waals surface area contributed by atoms with Gasteiger partial charge in [0.1, 0.15) is 0 Å². The van der Waals surface area contributed by atoms with Crippen LogP contribution in [0.5, 0.6) is 0 Å². The van der Waals surface area contributed by atoms with Crippen LogP contribution in [0.4, 0.5) is 5.69 Å². The molecule has 3 N–H and O–H groups in total. The van der Waals surface area contributed by atoms with Crippen LogP contribution in [-0.4, -0.2) is 24.1 Å². The highest BCUT2D eigenvalue weighted by Crippen LogP contribution is 2.19. The number of aromatic amines is 1. The summed E-state index contributed by atoms with van der Waals surface area (Å²) < 4.78 is 0. The average Bonchev–Trinajstić information content (AvgIpc) is 2.89. The van der Waals surface area contributed by atoms with E-state index in [1.165, 1.54) is 12.8 Å². The summed E-state index contributed by atoms with van der Waals surface area (Å²) in [5.74, 6) is 0. The number of rotatable bonds is 3. The minimum atomic E-state index is -0.0596. The molecule has 1 unspecified atom stereocenters. The second kappa shape index (κ2) is 4.82. The summed E-state index contributed by atoms with van der Waals surface area (Å²) in [6, 6.07) is 10.0. The number of anilines is 1.